The van der Waals surface area contributed by atoms with Crippen LogP contribution in [0.15, 0.2) is 57.7 Å². The minimum absolute atomic E-state index is 0.0911. The fourth-order valence-corrected chi connectivity index (χ4v) is 3.96. The number of aromatic nitrogens is 1. The Hall–Kier alpha value is -2.53. The molecule has 0 saturated carbocycles. The van der Waals surface area contributed by atoms with Crippen LogP contribution < -0.4 is 5.76 Å². The van der Waals surface area contributed by atoms with Crippen LogP contribution in [0.3, 0.4) is 0 Å². The molecule has 3 aromatic rings. The second-order valence-electron chi connectivity index (χ2n) is 6.97. The summed E-state index contributed by atoms with van der Waals surface area (Å²) in [6.45, 7) is 1.25. The summed E-state index contributed by atoms with van der Waals surface area (Å²) < 4.78 is 7.00. The number of nitrogens with zero attached hydrogens (tertiary/aromatic N) is 2. The molecule has 5 nitrogen and oxygen atoms in total. The van der Waals surface area contributed by atoms with Gasteiger partial charge in [-0.2, -0.15) is 0 Å². The van der Waals surface area contributed by atoms with Crippen LogP contribution in [0.25, 0.3) is 11.1 Å². The van der Waals surface area contributed by atoms with E-state index in [9.17, 15) is 9.59 Å². The summed E-state index contributed by atoms with van der Waals surface area (Å²) >= 11 is 6.10. The van der Waals surface area contributed by atoms with Crippen LogP contribution in [-0.4, -0.2) is 28.5 Å². The van der Waals surface area contributed by atoms with Crippen LogP contribution in [0.5, 0.6) is 0 Å². The summed E-state index contributed by atoms with van der Waals surface area (Å²) in [4.78, 5) is 26.9. The number of carbonyl (C=O) groups excluding carboxylic acids is 1. The van der Waals surface area contributed by atoms with Crippen molar-refractivity contribution in [1.29, 1.82) is 0 Å². The van der Waals surface area contributed by atoms with Crippen molar-refractivity contribution >= 4 is 28.6 Å². The van der Waals surface area contributed by atoms with Gasteiger partial charge in [0.25, 0.3) is 0 Å². The average Bonchev–Trinajstić information content (AvgIpc) is 3.02. The molecule has 2 aromatic carbocycles. The molecule has 1 aliphatic rings. The second kappa shape index (κ2) is 7.61. The van der Waals surface area contributed by atoms with Crippen LogP contribution in [-0.2, 0) is 11.2 Å². The first-order chi connectivity index (χ1) is 13.1. The monoisotopic (exact) mass is 384 g/mol. The van der Waals surface area contributed by atoms with Gasteiger partial charge in [-0.05, 0) is 43.0 Å². The summed E-state index contributed by atoms with van der Waals surface area (Å²) in [6, 6.07) is 15.1. The molecular weight excluding hydrogens is 364 g/mol. The van der Waals surface area contributed by atoms with Gasteiger partial charge in [0.15, 0.2) is 5.58 Å². The molecule has 1 aromatic heterocycles. The van der Waals surface area contributed by atoms with E-state index in [2.05, 4.69) is 0 Å². The Morgan fingerprint density at radius 2 is 2.00 bits per heavy atom. The van der Waals surface area contributed by atoms with Crippen LogP contribution in [0.2, 0.25) is 5.02 Å². The molecular formula is C21H21ClN2O3. The standard InChI is InChI=1S/C21H21ClN2O3/c22-16-9-10-19-18(13-16)24(21(26)27-19)17-7-4-12-23(14-17)20(25)11-8-15-5-2-1-3-6-15/h1-3,5-6,9-10,13,17H,4,7-8,11-12,14H2. The van der Waals surface area contributed by atoms with Gasteiger partial charge in [-0.15, -0.1) is 0 Å². The molecule has 0 aliphatic carbocycles. The fourth-order valence-electron chi connectivity index (χ4n) is 3.80. The Labute approximate surface area is 162 Å². The number of oxazole rings is 1. The lowest BCUT2D eigenvalue weighted by Crippen LogP contribution is -2.42. The summed E-state index contributed by atoms with van der Waals surface area (Å²) in [6.07, 6.45) is 2.90. The molecule has 0 N–H and O–H groups in total. The molecule has 2 heterocycles. The molecule has 1 saturated heterocycles. The van der Waals surface area contributed by atoms with E-state index in [1.54, 1.807) is 22.8 Å². The number of piperidine rings is 1. The van der Waals surface area contributed by atoms with Crippen molar-refractivity contribution in [2.75, 3.05) is 13.1 Å². The maximum atomic E-state index is 12.7. The third kappa shape index (κ3) is 3.78. The van der Waals surface area contributed by atoms with Gasteiger partial charge >= 0.3 is 5.76 Å². The predicted octanol–water partition coefficient (Wildman–Crippen LogP) is 4.04. The first kappa shape index (κ1) is 17.9. The molecule has 6 heteroatoms. The van der Waals surface area contributed by atoms with Crippen molar-refractivity contribution in [3.8, 4) is 0 Å². The molecule has 1 aliphatic heterocycles. The quantitative estimate of drug-likeness (QED) is 0.682. The Kier molecular flexibility index (Phi) is 5.03. The van der Waals surface area contributed by atoms with Gasteiger partial charge in [0.05, 0.1) is 11.6 Å². The number of halogens is 1. The van der Waals surface area contributed by atoms with Crippen molar-refractivity contribution in [2.24, 2.45) is 0 Å². The molecule has 1 unspecified atom stereocenters. The Morgan fingerprint density at radius 3 is 2.81 bits per heavy atom. The van der Waals surface area contributed by atoms with Crippen molar-refractivity contribution in [3.05, 3.63) is 69.7 Å². The normalized spacial score (nSPS) is 17.4. The number of fused-ring (bicyclic) bond motifs is 1. The van der Waals surface area contributed by atoms with Gasteiger partial charge in [0.1, 0.15) is 0 Å². The lowest BCUT2D eigenvalue weighted by atomic mass is 10.0. The molecule has 1 atom stereocenters. The smallest absolute Gasteiger partial charge is 0.408 e. The number of likely N-dealkylation sites (tertiary alicyclic amines) is 1. The first-order valence-corrected chi connectivity index (χ1v) is 9.62. The summed E-state index contributed by atoms with van der Waals surface area (Å²) in [5.41, 5.74) is 2.37. The number of amides is 1. The third-order valence-corrected chi connectivity index (χ3v) is 5.39. The Morgan fingerprint density at radius 1 is 1.19 bits per heavy atom. The van der Waals surface area contributed by atoms with E-state index in [-0.39, 0.29) is 11.9 Å². The third-order valence-electron chi connectivity index (χ3n) is 5.16. The van der Waals surface area contributed by atoms with E-state index in [0.717, 1.165) is 31.4 Å². The highest BCUT2D eigenvalue weighted by molar-refractivity contribution is 6.31. The SMILES string of the molecule is O=C(CCc1ccccc1)N1CCCC(n2c(=O)oc3ccc(Cl)cc32)C1. The highest BCUT2D eigenvalue weighted by atomic mass is 35.5. The number of aryl methyl sites for hydroxylation is 1. The zero-order valence-corrected chi connectivity index (χ0v) is 15.7. The highest BCUT2D eigenvalue weighted by Gasteiger charge is 2.27. The van der Waals surface area contributed by atoms with Gasteiger partial charge in [0, 0.05) is 24.5 Å². The largest absolute Gasteiger partial charge is 0.420 e. The van der Waals surface area contributed by atoms with Crippen LogP contribution in [0, 0.1) is 0 Å². The van der Waals surface area contributed by atoms with E-state index < -0.39 is 5.76 Å². The van der Waals surface area contributed by atoms with Crippen molar-refractivity contribution in [1.82, 2.24) is 9.47 Å². The number of rotatable bonds is 4. The molecule has 0 spiro atoms. The van der Waals surface area contributed by atoms with E-state index in [0.29, 0.717) is 29.1 Å². The van der Waals surface area contributed by atoms with Gasteiger partial charge < -0.3 is 9.32 Å². The molecule has 27 heavy (non-hydrogen) atoms. The Balaban J connectivity index is 1.50. The van der Waals surface area contributed by atoms with E-state index in [4.69, 9.17) is 16.0 Å². The minimum Gasteiger partial charge on any atom is -0.408 e. The van der Waals surface area contributed by atoms with Crippen molar-refractivity contribution in [3.63, 3.8) is 0 Å². The average molecular weight is 385 g/mol. The first-order valence-electron chi connectivity index (χ1n) is 9.24. The van der Waals surface area contributed by atoms with E-state index in [1.807, 2.05) is 35.2 Å². The van der Waals surface area contributed by atoms with Crippen LogP contribution in [0.1, 0.15) is 30.9 Å². The molecule has 1 fully saturated rings. The molecule has 4 rings (SSSR count). The second-order valence-corrected chi connectivity index (χ2v) is 7.41. The highest BCUT2D eigenvalue weighted by Crippen LogP contribution is 2.27. The van der Waals surface area contributed by atoms with E-state index >= 15 is 0 Å². The Bertz CT molecular complexity index is 1010. The number of hydrogen-bond acceptors (Lipinski definition) is 3. The van der Waals surface area contributed by atoms with Crippen molar-refractivity contribution < 1.29 is 9.21 Å². The topological polar surface area (TPSA) is 55.5 Å². The lowest BCUT2D eigenvalue weighted by Gasteiger charge is -2.33. The number of benzene rings is 2. The van der Waals surface area contributed by atoms with Crippen molar-refractivity contribution in [2.45, 2.75) is 31.7 Å². The van der Waals surface area contributed by atoms with Crippen LogP contribution in [0.4, 0.5) is 0 Å². The summed E-state index contributed by atoms with van der Waals surface area (Å²) in [5, 5.41) is 0.559. The number of carbonyl (C=O) groups is 1. The van der Waals surface area contributed by atoms with Gasteiger partial charge in [-0.25, -0.2) is 4.79 Å². The molecule has 1 amide bonds. The van der Waals surface area contributed by atoms with Gasteiger partial charge in [0.2, 0.25) is 5.91 Å². The van der Waals surface area contributed by atoms with Gasteiger partial charge in [-0.1, -0.05) is 41.9 Å². The van der Waals surface area contributed by atoms with Gasteiger partial charge in [-0.3, -0.25) is 9.36 Å². The van der Waals surface area contributed by atoms with Crippen LogP contribution >= 0.6 is 11.6 Å². The zero-order valence-electron chi connectivity index (χ0n) is 14.9. The number of hydrogen-bond donors (Lipinski definition) is 0. The zero-order chi connectivity index (χ0) is 18.8. The maximum absolute atomic E-state index is 12.7. The molecule has 0 bridgehead atoms. The lowest BCUT2D eigenvalue weighted by molar-refractivity contribution is -0.132. The predicted molar refractivity (Wildman–Crippen MR) is 105 cm³/mol. The maximum Gasteiger partial charge on any atom is 0.420 e. The minimum atomic E-state index is -0.393. The fraction of sp³-hybridized carbons (Fsp3) is 0.333. The van der Waals surface area contributed by atoms with E-state index in [1.165, 1.54) is 0 Å². The summed E-state index contributed by atoms with van der Waals surface area (Å²) in [7, 11) is 0. The molecule has 140 valence electrons. The molecule has 0 radical (unpaired) electrons. The summed E-state index contributed by atoms with van der Waals surface area (Å²) in [5.74, 6) is -0.265.